The van der Waals surface area contributed by atoms with E-state index in [-0.39, 0.29) is 5.38 Å². The number of halogens is 1. The lowest BCUT2D eigenvalue weighted by Crippen LogP contribution is -2.00. The van der Waals surface area contributed by atoms with E-state index in [1.807, 2.05) is 0 Å². The van der Waals surface area contributed by atoms with Crippen molar-refractivity contribution in [1.29, 1.82) is 0 Å². The molecule has 0 aromatic heterocycles. The van der Waals surface area contributed by atoms with Crippen LogP contribution < -0.4 is 0 Å². The van der Waals surface area contributed by atoms with Crippen LogP contribution in [0.1, 0.15) is 48.6 Å². The van der Waals surface area contributed by atoms with E-state index >= 15 is 0 Å². The molecule has 1 heteroatoms. The molecule has 0 spiro atoms. The molecule has 0 radical (unpaired) electrons. The SMILES string of the molecule is Cc1ccc(C(Cl)CC2CCCC2)c2ccccc12. The fourth-order valence-electron chi connectivity index (χ4n) is 3.41. The Bertz CT molecular complexity index is 567. The highest BCUT2D eigenvalue weighted by atomic mass is 35.5. The fourth-order valence-corrected chi connectivity index (χ4v) is 3.85. The lowest BCUT2D eigenvalue weighted by Gasteiger charge is -2.17. The van der Waals surface area contributed by atoms with Gasteiger partial charge in [-0.2, -0.15) is 0 Å². The predicted molar refractivity (Wildman–Crippen MR) is 83.9 cm³/mol. The van der Waals surface area contributed by atoms with Crippen LogP contribution in [0.3, 0.4) is 0 Å². The highest BCUT2D eigenvalue weighted by Gasteiger charge is 2.21. The van der Waals surface area contributed by atoms with Crippen molar-refractivity contribution in [2.24, 2.45) is 5.92 Å². The van der Waals surface area contributed by atoms with Gasteiger partial charge in [-0.15, -0.1) is 11.6 Å². The highest BCUT2D eigenvalue weighted by Crippen LogP contribution is 2.38. The Labute approximate surface area is 120 Å². The Morgan fingerprint density at radius 3 is 2.47 bits per heavy atom. The molecule has 0 N–H and O–H groups in total. The maximum atomic E-state index is 6.72. The Kier molecular flexibility index (Phi) is 3.79. The first-order chi connectivity index (χ1) is 9.25. The summed E-state index contributed by atoms with van der Waals surface area (Å²) in [6.45, 7) is 2.17. The van der Waals surface area contributed by atoms with E-state index in [9.17, 15) is 0 Å². The number of hydrogen-bond acceptors (Lipinski definition) is 0. The summed E-state index contributed by atoms with van der Waals surface area (Å²) in [5.41, 5.74) is 2.65. The van der Waals surface area contributed by atoms with Crippen molar-refractivity contribution in [3.63, 3.8) is 0 Å². The molecule has 0 heterocycles. The largest absolute Gasteiger partial charge is 0.118 e. The molecular formula is C18H21Cl. The minimum Gasteiger partial charge on any atom is -0.118 e. The van der Waals surface area contributed by atoms with Gasteiger partial charge in [-0.25, -0.2) is 0 Å². The predicted octanol–water partition coefficient (Wildman–Crippen LogP) is 6.01. The normalized spacial score (nSPS) is 18.0. The molecule has 2 aromatic rings. The number of hydrogen-bond donors (Lipinski definition) is 0. The molecule has 2 aromatic carbocycles. The van der Waals surface area contributed by atoms with Crippen LogP contribution >= 0.6 is 11.6 Å². The molecule has 100 valence electrons. The van der Waals surface area contributed by atoms with Crippen molar-refractivity contribution < 1.29 is 0 Å². The molecule has 3 rings (SSSR count). The van der Waals surface area contributed by atoms with Gasteiger partial charge in [-0.1, -0.05) is 62.1 Å². The molecule has 0 bridgehead atoms. The summed E-state index contributed by atoms with van der Waals surface area (Å²) in [5.74, 6) is 0.836. The Morgan fingerprint density at radius 1 is 1.05 bits per heavy atom. The second-order valence-electron chi connectivity index (χ2n) is 5.87. The van der Waals surface area contributed by atoms with Crippen molar-refractivity contribution in [2.45, 2.75) is 44.4 Å². The zero-order chi connectivity index (χ0) is 13.2. The third-order valence-electron chi connectivity index (χ3n) is 4.53. The van der Waals surface area contributed by atoms with Gasteiger partial charge in [0.15, 0.2) is 0 Å². The molecule has 0 nitrogen and oxygen atoms in total. The van der Waals surface area contributed by atoms with Gasteiger partial charge in [0.2, 0.25) is 0 Å². The zero-order valence-corrected chi connectivity index (χ0v) is 12.3. The Morgan fingerprint density at radius 2 is 1.74 bits per heavy atom. The van der Waals surface area contributed by atoms with Crippen LogP contribution in [-0.4, -0.2) is 0 Å². The van der Waals surface area contributed by atoms with Gasteiger partial charge in [0.1, 0.15) is 0 Å². The number of aryl methyl sites for hydroxylation is 1. The van der Waals surface area contributed by atoms with Crippen LogP contribution in [0.25, 0.3) is 10.8 Å². The van der Waals surface area contributed by atoms with Gasteiger partial charge < -0.3 is 0 Å². The number of rotatable bonds is 3. The molecule has 1 saturated carbocycles. The average Bonchev–Trinajstić information content (AvgIpc) is 2.92. The Balaban J connectivity index is 1.93. The maximum Gasteiger partial charge on any atom is 0.0594 e. The monoisotopic (exact) mass is 272 g/mol. The Hall–Kier alpha value is -1.01. The molecule has 19 heavy (non-hydrogen) atoms. The molecule has 1 aliphatic rings. The topological polar surface area (TPSA) is 0 Å². The summed E-state index contributed by atoms with van der Waals surface area (Å²) < 4.78 is 0. The molecule has 0 aliphatic heterocycles. The summed E-state index contributed by atoms with van der Waals surface area (Å²) in [7, 11) is 0. The number of alkyl halides is 1. The molecule has 0 amide bonds. The first-order valence-electron chi connectivity index (χ1n) is 7.38. The summed E-state index contributed by atoms with van der Waals surface area (Å²) in [4.78, 5) is 0. The van der Waals surface area contributed by atoms with Gasteiger partial charge in [0, 0.05) is 0 Å². The third kappa shape index (κ3) is 2.65. The van der Waals surface area contributed by atoms with Crippen molar-refractivity contribution in [3.05, 3.63) is 47.5 Å². The van der Waals surface area contributed by atoms with Crippen LogP contribution in [0.15, 0.2) is 36.4 Å². The molecule has 1 atom stereocenters. The average molecular weight is 273 g/mol. The first kappa shape index (κ1) is 13.0. The zero-order valence-electron chi connectivity index (χ0n) is 11.5. The summed E-state index contributed by atoms with van der Waals surface area (Å²) in [5, 5.41) is 2.84. The van der Waals surface area contributed by atoms with Crippen molar-refractivity contribution in [2.75, 3.05) is 0 Å². The van der Waals surface area contributed by atoms with Crippen LogP contribution in [0.5, 0.6) is 0 Å². The van der Waals surface area contributed by atoms with Gasteiger partial charge in [0.05, 0.1) is 5.38 Å². The summed E-state index contributed by atoms with van der Waals surface area (Å²) >= 11 is 6.72. The van der Waals surface area contributed by atoms with E-state index in [0.29, 0.717) is 0 Å². The smallest absolute Gasteiger partial charge is 0.0594 e. The second kappa shape index (κ2) is 5.54. The minimum atomic E-state index is 0.161. The molecule has 1 fully saturated rings. The van der Waals surface area contributed by atoms with E-state index < -0.39 is 0 Å². The standard InChI is InChI=1S/C18H21Cl/c1-13-10-11-17(16-9-5-4-8-15(13)16)18(19)12-14-6-2-3-7-14/h4-5,8-11,14,18H,2-3,6-7,12H2,1H3. The van der Waals surface area contributed by atoms with Crippen molar-refractivity contribution >= 4 is 22.4 Å². The van der Waals surface area contributed by atoms with E-state index in [4.69, 9.17) is 11.6 Å². The first-order valence-corrected chi connectivity index (χ1v) is 7.81. The number of fused-ring (bicyclic) bond motifs is 1. The molecule has 1 aliphatic carbocycles. The van der Waals surface area contributed by atoms with Crippen LogP contribution in [0.2, 0.25) is 0 Å². The van der Waals surface area contributed by atoms with E-state index in [1.54, 1.807) is 0 Å². The minimum absolute atomic E-state index is 0.161. The van der Waals surface area contributed by atoms with Gasteiger partial charge in [-0.3, -0.25) is 0 Å². The lowest BCUT2D eigenvalue weighted by molar-refractivity contribution is 0.496. The fraction of sp³-hybridized carbons (Fsp3) is 0.444. The lowest BCUT2D eigenvalue weighted by atomic mass is 9.93. The van der Waals surface area contributed by atoms with Crippen LogP contribution in [0.4, 0.5) is 0 Å². The van der Waals surface area contributed by atoms with Gasteiger partial charge >= 0.3 is 0 Å². The summed E-state index contributed by atoms with van der Waals surface area (Å²) in [6.07, 6.45) is 6.65. The van der Waals surface area contributed by atoms with Crippen molar-refractivity contribution in [3.8, 4) is 0 Å². The van der Waals surface area contributed by atoms with E-state index in [2.05, 4.69) is 43.3 Å². The third-order valence-corrected chi connectivity index (χ3v) is 4.94. The molecule has 1 unspecified atom stereocenters. The van der Waals surface area contributed by atoms with E-state index in [1.165, 1.54) is 47.6 Å². The maximum absolute atomic E-state index is 6.72. The van der Waals surface area contributed by atoms with E-state index in [0.717, 1.165) is 12.3 Å². The van der Waals surface area contributed by atoms with Gasteiger partial charge in [-0.05, 0) is 41.2 Å². The summed E-state index contributed by atoms with van der Waals surface area (Å²) in [6, 6.07) is 13.1. The number of benzene rings is 2. The quantitative estimate of drug-likeness (QED) is 0.600. The highest BCUT2D eigenvalue weighted by molar-refractivity contribution is 6.21. The molecule has 0 saturated heterocycles. The van der Waals surface area contributed by atoms with Crippen molar-refractivity contribution in [1.82, 2.24) is 0 Å². The second-order valence-corrected chi connectivity index (χ2v) is 6.40. The van der Waals surface area contributed by atoms with Gasteiger partial charge in [0.25, 0.3) is 0 Å². The van der Waals surface area contributed by atoms with Crippen LogP contribution in [-0.2, 0) is 0 Å². The van der Waals surface area contributed by atoms with Crippen LogP contribution in [0, 0.1) is 12.8 Å². The molecular weight excluding hydrogens is 252 g/mol.